The van der Waals surface area contributed by atoms with E-state index in [1.165, 1.54) is 6.07 Å². The molecule has 2 atom stereocenters. The van der Waals surface area contributed by atoms with Crippen LogP contribution in [-0.4, -0.2) is 22.7 Å². The molecule has 1 aliphatic rings. The van der Waals surface area contributed by atoms with E-state index in [9.17, 15) is 9.50 Å². The number of hydrogen-bond donors (Lipinski definition) is 2. The van der Waals surface area contributed by atoms with Crippen LogP contribution in [0.4, 0.5) is 10.2 Å². The first-order valence-corrected chi connectivity index (χ1v) is 5.64. The highest BCUT2D eigenvalue weighted by Crippen LogP contribution is 2.38. The van der Waals surface area contributed by atoms with Gasteiger partial charge in [0.2, 0.25) is 5.95 Å². The molecule has 1 aromatic heterocycles. The minimum Gasteiger partial charge on any atom is -0.396 e. The number of hydrogen-bond acceptors (Lipinski definition) is 3. The van der Waals surface area contributed by atoms with E-state index < -0.39 is 5.95 Å². The van der Waals surface area contributed by atoms with Crippen LogP contribution in [0.5, 0.6) is 0 Å². The fraction of sp³-hybridized carbons (Fsp3) is 0.583. The summed E-state index contributed by atoms with van der Waals surface area (Å²) in [6.45, 7) is 2.21. The number of aliphatic hydroxyl groups is 1. The third-order valence-corrected chi connectivity index (χ3v) is 3.48. The zero-order chi connectivity index (χ0) is 11.6. The summed E-state index contributed by atoms with van der Waals surface area (Å²) in [7, 11) is 0. The second-order valence-electron chi connectivity index (χ2n) is 4.75. The van der Waals surface area contributed by atoms with Gasteiger partial charge in [-0.05, 0) is 25.0 Å². The molecule has 2 rings (SSSR count). The number of aliphatic hydroxyl groups excluding tert-OH is 1. The Morgan fingerprint density at radius 2 is 2.44 bits per heavy atom. The van der Waals surface area contributed by atoms with Crippen LogP contribution in [-0.2, 0) is 0 Å². The molecule has 2 N–H and O–H groups in total. The van der Waals surface area contributed by atoms with Crippen molar-refractivity contribution in [1.29, 1.82) is 0 Å². The van der Waals surface area contributed by atoms with Crippen LogP contribution in [0, 0.1) is 11.4 Å². The van der Waals surface area contributed by atoms with Crippen LogP contribution in [0.1, 0.15) is 26.2 Å². The van der Waals surface area contributed by atoms with Crippen LogP contribution < -0.4 is 5.32 Å². The highest BCUT2D eigenvalue weighted by atomic mass is 19.1. The van der Waals surface area contributed by atoms with E-state index in [0.717, 1.165) is 19.3 Å². The molecule has 1 aromatic rings. The minimum atomic E-state index is -0.478. The number of halogens is 1. The summed E-state index contributed by atoms with van der Waals surface area (Å²) in [5, 5.41) is 12.6. The molecule has 0 radical (unpaired) electrons. The van der Waals surface area contributed by atoms with Gasteiger partial charge in [0.05, 0.1) is 6.61 Å². The summed E-state index contributed by atoms with van der Waals surface area (Å²) in [5.74, 6) is 0.0697. The lowest BCUT2D eigenvalue weighted by Crippen LogP contribution is -2.36. The number of anilines is 1. The monoisotopic (exact) mass is 224 g/mol. The lowest BCUT2D eigenvalue weighted by atomic mass is 9.86. The van der Waals surface area contributed by atoms with Crippen LogP contribution in [0.25, 0.3) is 0 Å². The SMILES string of the molecule is C[C@@]1(CO)CCC[C@H]1Nc1cccc(F)n1. The molecule has 1 heterocycles. The van der Waals surface area contributed by atoms with Gasteiger partial charge in [0.15, 0.2) is 0 Å². The summed E-state index contributed by atoms with van der Waals surface area (Å²) in [5.41, 5.74) is -0.117. The fourth-order valence-corrected chi connectivity index (χ4v) is 2.34. The van der Waals surface area contributed by atoms with Gasteiger partial charge < -0.3 is 10.4 Å². The normalized spacial score (nSPS) is 29.3. The lowest BCUT2D eigenvalue weighted by molar-refractivity contribution is 0.139. The van der Waals surface area contributed by atoms with E-state index >= 15 is 0 Å². The van der Waals surface area contributed by atoms with Gasteiger partial charge in [-0.15, -0.1) is 0 Å². The van der Waals surface area contributed by atoms with E-state index in [-0.39, 0.29) is 18.1 Å². The van der Waals surface area contributed by atoms with Crippen molar-refractivity contribution in [1.82, 2.24) is 4.98 Å². The van der Waals surface area contributed by atoms with Crippen molar-refractivity contribution >= 4 is 5.82 Å². The van der Waals surface area contributed by atoms with Crippen molar-refractivity contribution in [3.8, 4) is 0 Å². The van der Waals surface area contributed by atoms with E-state index in [0.29, 0.717) is 5.82 Å². The van der Waals surface area contributed by atoms with Gasteiger partial charge in [0.25, 0.3) is 0 Å². The fourth-order valence-electron chi connectivity index (χ4n) is 2.34. The second kappa shape index (κ2) is 4.37. The van der Waals surface area contributed by atoms with Crippen molar-refractivity contribution < 1.29 is 9.50 Å². The smallest absolute Gasteiger partial charge is 0.214 e. The molecule has 0 aliphatic heterocycles. The zero-order valence-corrected chi connectivity index (χ0v) is 9.41. The third-order valence-electron chi connectivity index (χ3n) is 3.48. The average Bonchev–Trinajstić information content (AvgIpc) is 2.61. The first-order valence-electron chi connectivity index (χ1n) is 5.64. The van der Waals surface area contributed by atoms with Gasteiger partial charge in [-0.1, -0.05) is 19.4 Å². The highest BCUT2D eigenvalue weighted by Gasteiger charge is 2.38. The van der Waals surface area contributed by atoms with Crippen molar-refractivity contribution in [2.24, 2.45) is 5.41 Å². The largest absolute Gasteiger partial charge is 0.396 e. The van der Waals surface area contributed by atoms with Crippen LogP contribution >= 0.6 is 0 Å². The molecule has 1 aliphatic carbocycles. The maximum absolute atomic E-state index is 12.9. The number of rotatable bonds is 3. The van der Waals surface area contributed by atoms with Crippen molar-refractivity contribution in [3.05, 3.63) is 24.1 Å². The van der Waals surface area contributed by atoms with Gasteiger partial charge in [-0.2, -0.15) is 4.39 Å². The molecular weight excluding hydrogens is 207 g/mol. The lowest BCUT2D eigenvalue weighted by Gasteiger charge is -2.30. The second-order valence-corrected chi connectivity index (χ2v) is 4.75. The summed E-state index contributed by atoms with van der Waals surface area (Å²) in [4.78, 5) is 3.78. The third kappa shape index (κ3) is 2.16. The van der Waals surface area contributed by atoms with Crippen LogP contribution in [0.15, 0.2) is 18.2 Å². The Bertz CT molecular complexity index is 372. The summed E-state index contributed by atoms with van der Waals surface area (Å²) in [6.07, 6.45) is 3.08. The van der Waals surface area contributed by atoms with Crippen molar-refractivity contribution in [2.75, 3.05) is 11.9 Å². The molecule has 4 heteroatoms. The number of pyridine rings is 1. The molecular formula is C12H17FN2O. The van der Waals surface area contributed by atoms with Gasteiger partial charge in [0.1, 0.15) is 5.82 Å². The predicted octanol–water partition coefficient (Wildman–Crippen LogP) is 2.18. The van der Waals surface area contributed by atoms with Crippen molar-refractivity contribution in [2.45, 2.75) is 32.2 Å². The molecule has 16 heavy (non-hydrogen) atoms. The van der Waals surface area contributed by atoms with E-state index in [1.54, 1.807) is 12.1 Å². The number of nitrogens with zero attached hydrogens (tertiary/aromatic N) is 1. The quantitative estimate of drug-likeness (QED) is 0.773. The number of aromatic nitrogens is 1. The van der Waals surface area contributed by atoms with Crippen molar-refractivity contribution in [3.63, 3.8) is 0 Å². The summed E-state index contributed by atoms with van der Waals surface area (Å²) >= 11 is 0. The summed E-state index contributed by atoms with van der Waals surface area (Å²) < 4.78 is 12.9. The molecule has 3 nitrogen and oxygen atoms in total. The first-order chi connectivity index (χ1) is 7.64. The Labute approximate surface area is 94.7 Å². The van der Waals surface area contributed by atoms with Gasteiger partial charge in [-0.3, -0.25) is 0 Å². The molecule has 88 valence electrons. The zero-order valence-electron chi connectivity index (χ0n) is 9.41. The summed E-state index contributed by atoms with van der Waals surface area (Å²) in [6, 6.07) is 4.88. The molecule has 0 bridgehead atoms. The molecule has 1 saturated carbocycles. The average molecular weight is 224 g/mol. The van der Waals surface area contributed by atoms with Crippen LogP contribution in [0.2, 0.25) is 0 Å². The van der Waals surface area contributed by atoms with E-state index in [1.807, 2.05) is 0 Å². The Morgan fingerprint density at radius 3 is 3.12 bits per heavy atom. The Morgan fingerprint density at radius 1 is 1.62 bits per heavy atom. The van der Waals surface area contributed by atoms with E-state index in [2.05, 4.69) is 17.2 Å². The highest BCUT2D eigenvalue weighted by molar-refractivity contribution is 5.36. The maximum atomic E-state index is 12.9. The minimum absolute atomic E-state index is 0.117. The maximum Gasteiger partial charge on any atom is 0.214 e. The molecule has 0 unspecified atom stereocenters. The molecule has 0 saturated heterocycles. The van der Waals surface area contributed by atoms with Gasteiger partial charge >= 0.3 is 0 Å². The number of nitrogens with one attached hydrogen (secondary N) is 1. The molecule has 1 fully saturated rings. The Kier molecular flexibility index (Phi) is 3.10. The molecule has 0 spiro atoms. The Balaban J connectivity index is 2.10. The van der Waals surface area contributed by atoms with Gasteiger partial charge in [0, 0.05) is 11.5 Å². The standard InChI is InChI=1S/C12H17FN2O/c1-12(8-16)7-3-4-9(12)14-11-6-2-5-10(13)15-11/h2,5-6,9,16H,3-4,7-8H2,1H3,(H,14,15)/t9-,12+/m1/s1. The predicted molar refractivity (Wildman–Crippen MR) is 60.6 cm³/mol. The topological polar surface area (TPSA) is 45.1 Å². The first kappa shape index (κ1) is 11.3. The van der Waals surface area contributed by atoms with E-state index in [4.69, 9.17) is 0 Å². The molecule has 0 amide bonds. The molecule has 0 aromatic carbocycles. The Hall–Kier alpha value is -1.16. The van der Waals surface area contributed by atoms with Crippen LogP contribution in [0.3, 0.4) is 0 Å². The van der Waals surface area contributed by atoms with Gasteiger partial charge in [-0.25, -0.2) is 4.98 Å².